The van der Waals surface area contributed by atoms with Gasteiger partial charge in [-0.05, 0) is 37.9 Å². The van der Waals surface area contributed by atoms with Gasteiger partial charge in [-0.15, -0.1) is 0 Å². The van der Waals surface area contributed by atoms with E-state index >= 15 is 0 Å². The van der Waals surface area contributed by atoms with Gasteiger partial charge in [0.15, 0.2) is 0 Å². The highest BCUT2D eigenvalue weighted by atomic mass is 15.3. The van der Waals surface area contributed by atoms with Crippen molar-refractivity contribution < 1.29 is 0 Å². The summed E-state index contributed by atoms with van der Waals surface area (Å²) >= 11 is 0. The Kier molecular flexibility index (Phi) is 4.96. The number of hydrogen-bond donors (Lipinski definition) is 1. The molecule has 1 aromatic heterocycles. The molecule has 0 amide bonds. The van der Waals surface area contributed by atoms with E-state index in [0.717, 1.165) is 31.7 Å². The monoisotopic (exact) mass is 271 g/mol. The summed E-state index contributed by atoms with van der Waals surface area (Å²) in [6.07, 6.45) is 3.29. The van der Waals surface area contributed by atoms with E-state index in [0.29, 0.717) is 0 Å². The van der Waals surface area contributed by atoms with Crippen LogP contribution in [0.3, 0.4) is 0 Å². The molecule has 1 heterocycles. The Balaban J connectivity index is 2.41. The van der Waals surface area contributed by atoms with E-state index in [1.165, 1.54) is 22.3 Å². The van der Waals surface area contributed by atoms with Gasteiger partial charge in [-0.3, -0.25) is 4.68 Å². The molecular weight excluding hydrogens is 246 g/mol. The SMILES string of the molecule is CCCn1cc(-c2cc(C)ccc2CNCC)c(C)n1. The van der Waals surface area contributed by atoms with Crippen LogP contribution in [0.5, 0.6) is 0 Å². The minimum atomic E-state index is 0.907. The number of aromatic nitrogens is 2. The molecule has 0 aliphatic carbocycles. The van der Waals surface area contributed by atoms with Gasteiger partial charge in [-0.25, -0.2) is 0 Å². The smallest absolute Gasteiger partial charge is 0.0672 e. The van der Waals surface area contributed by atoms with Crippen molar-refractivity contribution in [2.75, 3.05) is 6.54 Å². The average Bonchev–Trinajstić information content (AvgIpc) is 2.78. The highest BCUT2D eigenvalue weighted by Crippen LogP contribution is 2.27. The maximum absolute atomic E-state index is 4.62. The third-order valence-electron chi connectivity index (χ3n) is 3.52. The lowest BCUT2D eigenvalue weighted by Gasteiger charge is -2.10. The zero-order valence-corrected chi connectivity index (χ0v) is 13.0. The molecule has 3 nitrogen and oxygen atoms in total. The second-order valence-electron chi connectivity index (χ2n) is 5.33. The van der Waals surface area contributed by atoms with Crippen LogP contribution in [0.4, 0.5) is 0 Å². The molecule has 0 atom stereocenters. The molecule has 0 unspecified atom stereocenters. The summed E-state index contributed by atoms with van der Waals surface area (Å²) in [5.41, 5.74) is 6.32. The van der Waals surface area contributed by atoms with Crippen LogP contribution in [0.1, 0.15) is 37.1 Å². The number of rotatable bonds is 6. The van der Waals surface area contributed by atoms with Crippen molar-refractivity contribution in [3.05, 3.63) is 41.2 Å². The zero-order valence-electron chi connectivity index (χ0n) is 13.0. The molecule has 0 radical (unpaired) electrons. The molecule has 2 aromatic rings. The van der Waals surface area contributed by atoms with Gasteiger partial charge < -0.3 is 5.32 Å². The number of benzene rings is 1. The van der Waals surface area contributed by atoms with Gasteiger partial charge >= 0.3 is 0 Å². The quantitative estimate of drug-likeness (QED) is 0.868. The van der Waals surface area contributed by atoms with Crippen LogP contribution in [0.25, 0.3) is 11.1 Å². The first-order valence-electron chi connectivity index (χ1n) is 7.50. The van der Waals surface area contributed by atoms with Gasteiger partial charge in [0.2, 0.25) is 0 Å². The van der Waals surface area contributed by atoms with Crippen LogP contribution in [0, 0.1) is 13.8 Å². The van der Waals surface area contributed by atoms with Crippen molar-refractivity contribution in [3.63, 3.8) is 0 Å². The lowest BCUT2D eigenvalue weighted by Crippen LogP contribution is -2.12. The fraction of sp³-hybridized carbons (Fsp3) is 0.471. The normalized spacial score (nSPS) is 11.0. The Morgan fingerprint density at radius 3 is 2.65 bits per heavy atom. The number of nitrogens with zero attached hydrogens (tertiary/aromatic N) is 2. The maximum Gasteiger partial charge on any atom is 0.0672 e. The first-order valence-corrected chi connectivity index (χ1v) is 7.50. The molecule has 2 rings (SSSR count). The molecule has 20 heavy (non-hydrogen) atoms. The Bertz CT molecular complexity index is 570. The summed E-state index contributed by atoms with van der Waals surface area (Å²) in [7, 11) is 0. The molecule has 0 fully saturated rings. The highest BCUT2D eigenvalue weighted by molar-refractivity contribution is 5.69. The molecule has 1 N–H and O–H groups in total. The second kappa shape index (κ2) is 6.71. The van der Waals surface area contributed by atoms with Crippen molar-refractivity contribution in [1.82, 2.24) is 15.1 Å². The molecular formula is C17H25N3. The predicted octanol–water partition coefficient (Wildman–Crippen LogP) is 3.69. The van der Waals surface area contributed by atoms with Crippen LogP contribution < -0.4 is 5.32 Å². The number of nitrogens with one attached hydrogen (secondary N) is 1. The third kappa shape index (κ3) is 3.28. The minimum absolute atomic E-state index is 0.907. The van der Waals surface area contributed by atoms with Crippen molar-refractivity contribution in [2.24, 2.45) is 0 Å². The van der Waals surface area contributed by atoms with E-state index in [-0.39, 0.29) is 0 Å². The fourth-order valence-electron chi connectivity index (χ4n) is 2.48. The highest BCUT2D eigenvalue weighted by Gasteiger charge is 2.11. The first-order chi connectivity index (χ1) is 9.65. The molecule has 0 bridgehead atoms. The molecule has 0 spiro atoms. The van der Waals surface area contributed by atoms with Crippen LogP contribution in [0.2, 0.25) is 0 Å². The maximum atomic E-state index is 4.62. The molecule has 3 heteroatoms. The number of aryl methyl sites for hydroxylation is 3. The predicted molar refractivity (Wildman–Crippen MR) is 84.8 cm³/mol. The zero-order chi connectivity index (χ0) is 14.5. The summed E-state index contributed by atoms with van der Waals surface area (Å²) in [6, 6.07) is 6.68. The average molecular weight is 271 g/mol. The second-order valence-corrected chi connectivity index (χ2v) is 5.33. The fourth-order valence-corrected chi connectivity index (χ4v) is 2.48. The molecule has 108 valence electrons. The van der Waals surface area contributed by atoms with E-state index in [1.54, 1.807) is 0 Å². The van der Waals surface area contributed by atoms with Crippen LogP contribution >= 0.6 is 0 Å². The molecule has 0 saturated heterocycles. The third-order valence-corrected chi connectivity index (χ3v) is 3.52. The molecule has 1 aromatic carbocycles. The van der Waals surface area contributed by atoms with E-state index < -0.39 is 0 Å². The lowest BCUT2D eigenvalue weighted by atomic mass is 9.98. The molecule has 0 saturated carbocycles. The molecule has 0 aliphatic rings. The standard InChI is InChI=1S/C17H25N3/c1-5-9-20-12-17(14(4)19-20)16-10-13(3)7-8-15(16)11-18-6-2/h7-8,10,12,18H,5-6,9,11H2,1-4H3. The van der Waals surface area contributed by atoms with Gasteiger partial charge in [0, 0.05) is 24.8 Å². The van der Waals surface area contributed by atoms with Gasteiger partial charge in [-0.2, -0.15) is 5.10 Å². The van der Waals surface area contributed by atoms with Gasteiger partial charge in [0.1, 0.15) is 0 Å². The van der Waals surface area contributed by atoms with Crippen molar-refractivity contribution in [3.8, 4) is 11.1 Å². The van der Waals surface area contributed by atoms with Gasteiger partial charge in [0.25, 0.3) is 0 Å². The summed E-state index contributed by atoms with van der Waals surface area (Å²) in [5, 5.41) is 8.04. The van der Waals surface area contributed by atoms with E-state index in [9.17, 15) is 0 Å². The Labute approximate surface area is 122 Å². The van der Waals surface area contributed by atoms with Crippen molar-refractivity contribution in [1.29, 1.82) is 0 Å². The summed E-state index contributed by atoms with van der Waals surface area (Å²) in [5.74, 6) is 0. The topological polar surface area (TPSA) is 29.9 Å². The Hall–Kier alpha value is -1.61. The van der Waals surface area contributed by atoms with Crippen LogP contribution in [0.15, 0.2) is 24.4 Å². The van der Waals surface area contributed by atoms with Gasteiger partial charge in [0.05, 0.1) is 5.69 Å². The van der Waals surface area contributed by atoms with Crippen molar-refractivity contribution >= 4 is 0 Å². The Morgan fingerprint density at radius 2 is 1.95 bits per heavy atom. The minimum Gasteiger partial charge on any atom is -0.313 e. The molecule has 0 aliphatic heterocycles. The lowest BCUT2D eigenvalue weighted by molar-refractivity contribution is 0.598. The van der Waals surface area contributed by atoms with E-state index in [2.05, 4.69) is 67.2 Å². The largest absolute Gasteiger partial charge is 0.313 e. The van der Waals surface area contributed by atoms with Crippen LogP contribution in [-0.4, -0.2) is 16.3 Å². The van der Waals surface area contributed by atoms with E-state index in [1.807, 2.05) is 0 Å². The first kappa shape index (κ1) is 14.8. The van der Waals surface area contributed by atoms with E-state index in [4.69, 9.17) is 0 Å². The summed E-state index contributed by atoms with van der Waals surface area (Å²) in [6.45, 7) is 11.4. The summed E-state index contributed by atoms with van der Waals surface area (Å²) in [4.78, 5) is 0. The van der Waals surface area contributed by atoms with Crippen molar-refractivity contribution in [2.45, 2.75) is 47.2 Å². The summed E-state index contributed by atoms with van der Waals surface area (Å²) < 4.78 is 2.06. The number of hydrogen-bond acceptors (Lipinski definition) is 2. The Morgan fingerprint density at radius 1 is 1.15 bits per heavy atom. The van der Waals surface area contributed by atoms with Crippen LogP contribution in [-0.2, 0) is 13.1 Å². The van der Waals surface area contributed by atoms with Gasteiger partial charge in [-0.1, -0.05) is 37.6 Å².